The van der Waals surface area contributed by atoms with Crippen LogP contribution < -0.4 is 5.73 Å². The molecule has 3 rings (SSSR count). The van der Waals surface area contributed by atoms with Crippen LogP contribution in [0.3, 0.4) is 0 Å². The van der Waals surface area contributed by atoms with Crippen LogP contribution in [0, 0.1) is 16.4 Å². The van der Waals surface area contributed by atoms with Crippen molar-refractivity contribution in [3.05, 3.63) is 51.6 Å². The monoisotopic (exact) mass is 323 g/mol. The number of hydrogen-bond donors (Lipinski definition) is 2. The summed E-state index contributed by atoms with van der Waals surface area (Å²) in [5.74, 6) is -0.951. The van der Waals surface area contributed by atoms with Gasteiger partial charge in [0.05, 0.1) is 0 Å². The van der Waals surface area contributed by atoms with Crippen molar-refractivity contribution >= 4 is 12.2 Å². The first-order chi connectivity index (χ1) is 10.6. The summed E-state index contributed by atoms with van der Waals surface area (Å²) < 4.78 is 30.1. The summed E-state index contributed by atoms with van der Waals surface area (Å²) >= 11 is 5.38. The molecular weight excluding hydrogens is 304 g/mol. The van der Waals surface area contributed by atoms with E-state index in [1.165, 1.54) is 6.07 Å². The number of nitrogens with zero attached hydrogens (tertiary/aromatic N) is 1. The largest absolute Gasteiger partial charge is 0.337 e. The molecule has 1 aromatic heterocycles. The molecule has 1 aliphatic carbocycles. The maximum absolute atomic E-state index is 13.8. The number of aromatic amines is 1. The molecule has 3 N–H and O–H groups in total. The first kappa shape index (κ1) is 15.4. The van der Waals surface area contributed by atoms with Gasteiger partial charge in [-0.15, -0.1) is 0 Å². The van der Waals surface area contributed by atoms with Gasteiger partial charge in [0.15, 0.2) is 4.77 Å². The zero-order valence-corrected chi connectivity index (χ0v) is 13.1. The van der Waals surface area contributed by atoms with Gasteiger partial charge < -0.3 is 15.3 Å². The second-order valence-electron chi connectivity index (χ2n) is 5.77. The third-order valence-corrected chi connectivity index (χ3v) is 4.64. The Labute approximate surface area is 133 Å². The smallest absolute Gasteiger partial charge is 0.177 e. The molecule has 0 radical (unpaired) electrons. The number of halogens is 2. The highest BCUT2D eigenvalue weighted by molar-refractivity contribution is 7.71. The maximum atomic E-state index is 13.8. The van der Waals surface area contributed by atoms with E-state index in [0.717, 1.165) is 36.6 Å². The molecule has 0 amide bonds. The molecule has 22 heavy (non-hydrogen) atoms. The summed E-state index contributed by atoms with van der Waals surface area (Å²) in [4.78, 5) is 3.08. The van der Waals surface area contributed by atoms with Gasteiger partial charge in [-0.1, -0.05) is 0 Å². The van der Waals surface area contributed by atoms with Crippen molar-refractivity contribution < 1.29 is 8.78 Å². The number of nitrogens with two attached hydrogens (primary N) is 1. The Morgan fingerprint density at radius 2 is 2.18 bits per heavy atom. The summed E-state index contributed by atoms with van der Waals surface area (Å²) in [6.07, 6.45) is 5.67. The van der Waals surface area contributed by atoms with E-state index < -0.39 is 11.6 Å². The van der Waals surface area contributed by atoms with Gasteiger partial charge in [-0.25, -0.2) is 8.78 Å². The Hall–Kier alpha value is -1.53. The van der Waals surface area contributed by atoms with Gasteiger partial charge in [-0.2, -0.15) is 0 Å². The topological polar surface area (TPSA) is 46.7 Å². The lowest BCUT2D eigenvalue weighted by atomic mass is 9.87. The summed E-state index contributed by atoms with van der Waals surface area (Å²) in [6.45, 7) is 0.627. The van der Waals surface area contributed by atoms with Crippen LogP contribution in [0.1, 0.15) is 35.7 Å². The van der Waals surface area contributed by atoms with Gasteiger partial charge in [0, 0.05) is 24.0 Å². The molecule has 1 aromatic carbocycles. The lowest BCUT2D eigenvalue weighted by Gasteiger charge is -2.27. The number of aryl methyl sites for hydroxylation is 1. The molecule has 0 saturated carbocycles. The Bertz CT molecular complexity index is 735. The van der Waals surface area contributed by atoms with Crippen molar-refractivity contribution in [1.29, 1.82) is 0 Å². The predicted octanol–water partition coefficient (Wildman–Crippen LogP) is 3.45. The van der Waals surface area contributed by atoms with Crippen molar-refractivity contribution in [2.75, 3.05) is 6.54 Å². The average molecular weight is 323 g/mol. The molecule has 0 aliphatic heterocycles. The summed E-state index contributed by atoms with van der Waals surface area (Å²) in [5, 5.41) is 0. The van der Waals surface area contributed by atoms with Crippen LogP contribution in [0.4, 0.5) is 8.78 Å². The van der Waals surface area contributed by atoms with Gasteiger partial charge in [0.1, 0.15) is 11.6 Å². The van der Waals surface area contributed by atoms with E-state index in [0.29, 0.717) is 29.7 Å². The quantitative estimate of drug-likeness (QED) is 0.847. The van der Waals surface area contributed by atoms with Crippen molar-refractivity contribution in [3.8, 4) is 0 Å². The molecule has 0 saturated heterocycles. The highest BCUT2D eigenvalue weighted by Gasteiger charge is 2.25. The van der Waals surface area contributed by atoms with Gasteiger partial charge in [0.2, 0.25) is 0 Å². The van der Waals surface area contributed by atoms with E-state index in [-0.39, 0.29) is 6.04 Å². The third kappa shape index (κ3) is 2.85. The molecule has 0 fully saturated rings. The Morgan fingerprint density at radius 3 is 2.95 bits per heavy atom. The van der Waals surface area contributed by atoms with Crippen molar-refractivity contribution in [3.63, 3.8) is 0 Å². The van der Waals surface area contributed by atoms with E-state index in [1.807, 2.05) is 6.20 Å². The Balaban J connectivity index is 1.92. The summed E-state index contributed by atoms with van der Waals surface area (Å²) in [5.41, 5.74) is 8.08. The number of imidazole rings is 1. The van der Waals surface area contributed by atoms with Crippen LogP contribution in [0.15, 0.2) is 18.3 Å². The molecule has 0 spiro atoms. The highest BCUT2D eigenvalue weighted by Crippen LogP contribution is 2.32. The van der Waals surface area contributed by atoms with Crippen LogP contribution in [-0.4, -0.2) is 16.1 Å². The average Bonchev–Trinajstić information content (AvgIpc) is 2.85. The molecule has 1 aliphatic rings. The van der Waals surface area contributed by atoms with E-state index >= 15 is 0 Å². The minimum atomic E-state index is -0.516. The summed E-state index contributed by atoms with van der Waals surface area (Å²) in [7, 11) is 0. The van der Waals surface area contributed by atoms with Crippen LogP contribution >= 0.6 is 12.2 Å². The first-order valence-corrected chi connectivity index (χ1v) is 7.96. The highest BCUT2D eigenvalue weighted by atomic mass is 32.1. The fraction of sp³-hybridized carbons (Fsp3) is 0.438. The second-order valence-corrected chi connectivity index (χ2v) is 6.16. The molecule has 0 bridgehead atoms. The fourth-order valence-electron chi connectivity index (χ4n) is 3.30. The molecule has 118 valence electrons. The zero-order chi connectivity index (χ0) is 15.7. The standard InChI is InChI=1S/C16H19F2N3S/c17-11-6-10-7-12(3-4-14(10)15(18)8-11)21-13(2-1-5-19)9-20-16(21)22/h6,8-9,12H,1-5,7,19H2,(H,20,22). The predicted molar refractivity (Wildman–Crippen MR) is 84.4 cm³/mol. The second kappa shape index (κ2) is 6.30. The molecule has 3 nitrogen and oxygen atoms in total. The van der Waals surface area contributed by atoms with E-state index in [4.69, 9.17) is 18.0 Å². The molecule has 2 aromatic rings. The SMILES string of the molecule is NCCCc1c[nH]c(=S)n1C1CCc2c(F)cc(F)cc2C1. The van der Waals surface area contributed by atoms with Gasteiger partial charge in [-0.3, -0.25) is 0 Å². The maximum Gasteiger partial charge on any atom is 0.177 e. The third-order valence-electron chi connectivity index (χ3n) is 4.33. The lowest BCUT2D eigenvalue weighted by molar-refractivity contribution is 0.415. The minimum absolute atomic E-state index is 0.139. The summed E-state index contributed by atoms with van der Waals surface area (Å²) in [6, 6.07) is 2.55. The van der Waals surface area contributed by atoms with Crippen LogP contribution in [-0.2, 0) is 19.3 Å². The van der Waals surface area contributed by atoms with Crippen molar-refractivity contribution in [2.24, 2.45) is 5.73 Å². The van der Waals surface area contributed by atoms with E-state index in [1.54, 1.807) is 0 Å². The molecule has 6 heteroatoms. The number of aromatic nitrogens is 2. The van der Waals surface area contributed by atoms with E-state index in [2.05, 4.69) is 9.55 Å². The molecular formula is C16H19F2N3S. The van der Waals surface area contributed by atoms with Crippen LogP contribution in [0.25, 0.3) is 0 Å². The fourth-order valence-corrected chi connectivity index (χ4v) is 3.62. The first-order valence-electron chi connectivity index (χ1n) is 7.55. The minimum Gasteiger partial charge on any atom is -0.337 e. The van der Waals surface area contributed by atoms with E-state index in [9.17, 15) is 8.78 Å². The van der Waals surface area contributed by atoms with Crippen LogP contribution in [0.5, 0.6) is 0 Å². The normalized spacial score (nSPS) is 17.5. The Kier molecular flexibility index (Phi) is 4.40. The number of hydrogen-bond acceptors (Lipinski definition) is 2. The van der Waals surface area contributed by atoms with Gasteiger partial charge in [0.25, 0.3) is 0 Å². The van der Waals surface area contributed by atoms with Gasteiger partial charge in [-0.05, 0) is 68.1 Å². The van der Waals surface area contributed by atoms with Crippen molar-refractivity contribution in [2.45, 2.75) is 38.1 Å². The lowest BCUT2D eigenvalue weighted by Crippen LogP contribution is -2.21. The van der Waals surface area contributed by atoms with Crippen LogP contribution in [0.2, 0.25) is 0 Å². The Morgan fingerprint density at radius 1 is 1.36 bits per heavy atom. The number of nitrogens with one attached hydrogen (secondary N) is 1. The number of H-pyrrole nitrogens is 1. The number of benzene rings is 1. The number of fused-ring (bicyclic) bond motifs is 1. The van der Waals surface area contributed by atoms with Gasteiger partial charge >= 0.3 is 0 Å². The zero-order valence-electron chi connectivity index (χ0n) is 12.2. The molecule has 1 atom stereocenters. The number of rotatable bonds is 4. The molecule has 1 unspecified atom stereocenters. The van der Waals surface area contributed by atoms with Crippen molar-refractivity contribution in [1.82, 2.24) is 9.55 Å². The molecule has 1 heterocycles.